The van der Waals surface area contributed by atoms with E-state index in [2.05, 4.69) is 26.0 Å². The van der Waals surface area contributed by atoms with Crippen molar-refractivity contribution in [3.05, 3.63) is 18.5 Å². The molecule has 0 aliphatic heterocycles. The molecule has 3 N–H and O–H groups in total. The van der Waals surface area contributed by atoms with Crippen molar-refractivity contribution in [1.29, 1.82) is 0 Å². The average Bonchev–Trinajstić information content (AvgIpc) is 3.02. The van der Waals surface area contributed by atoms with Gasteiger partial charge in [0.05, 0.1) is 0 Å². The summed E-state index contributed by atoms with van der Waals surface area (Å²) < 4.78 is 7.09. The van der Waals surface area contributed by atoms with Gasteiger partial charge in [-0.1, -0.05) is 0 Å². The molecule has 0 saturated carbocycles. The smallest absolute Gasteiger partial charge is 0.407 e. The highest BCUT2D eigenvalue weighted by Crippen LogP contribution is 2.06. The number of alkyl carbamates (subject to hydrolysis) is 1. The van der Waals surface area contributed by atoms with E-state index in [1.54, 1.807) is 6.20 Å². The fourth-order valence-corrected chi connectivity index (χ4v) is 2.00. The van der Waals surface area contributed by atoms with Crippen LogP contribution in [0, 0.1) is 0 Å². The number of carbonyl (C=O) groups is 1. The Balaban J connectivity index is 0.00000625. The van der Waals surface area contributed by atoms with Crippen LogP contribution in [0.15, 0.2) is 23.5 Å². The fraction of sp³-hybridized carbons (Fsp3) is 0.706. The predicted octanol–water partition coefficient (Wildman–Crippen LogP) is 2.36. The summed E-state index contributed by atoms with van der Waals surface area (Å²) in [7, 11) is 0. The highest BCUT2D eigenvalue weighted by atomic mass is 127. The van der Waals surface area contributed by atoms with Gasteiger partial charge in [0.25, 0.3) is 0 Å². The molecule has 0 aliphatic carbocycles. The molecule has 0 aliphatic rings. The van der Waals surface area contributed by atoms with Gasteiger partial charge in [0, 0.05) is 45.1 Å². The van der Waals surface area contributed by atoms with Crippen molar-refractivity contribution in [3.63, 3.8) is 0 Å². The Morgan fingerprint density at radius 3 is 2.54 bits per heavy atom. The molecule has 0 bridgehead atoms. The van der Waals surface area contributed by atoms with Crippen molar-refractivity contribution in [2.75, 3.05) is 26.2 Å². The van der Waals surface area contributed by atoms with Gasteiger partial charge < -0.3 is 20.7 Å². The number of hydrogen-bond donors (Lipinski definition) is 3. The third-order valence-electron chi connectivity index (χ3n) is 3.03. The Morgan fingerprint density at radius 1 is 1.19 bits per heavy atom. The standard InChI is InChI=1S/C17H32N6O2.HI/c1-5-18-15(20-11-7-13-23-14-8-12-22-23)19-9-6-10-21-16(24)25-17(2,3)4;/h8,12,14H,5-7,9-11,13H2,1-4H3,(H,21,24)(H2,18,19,20);1H. The molecule has 0 fully saturated rings. The molecule has 0 saturated heterocycles. The van der Waals surface area contributed by atoms with Gasteiger partial charge in [-0.3, -0.25) is 9.67 Å². The summed E-state index contributed by atoms with van der Waals surface area (Å²) in [6.07, 6.45) is 5.06. The Bertz CT molecular complexity index is 514. The van der Waals surface area contributed by atoms with Gasteiger partial charge in [-0.2, -0.15) is 5.10 Å². The van der Waals surface area contributed by atoms with Crippen LogP contribution >= 0.6 is 24.0 Å². The molecule has 8 nitrogen and oxygen atoms in total. The number of aliphatic imine (C=N–C) groups is 1. The van der Waals surface area contributed by atoms with E-state index in [1.807, 2.05) is 44.6 Å². The van der Waals surface area contributed by atoms with Crippen LogP contribution in [0.1, 0.15) is 40.5 Å². The van der Waals surface area contributed by atoms with Crippen molar-refractivity contribution in [2.45, 2.75) is 52.7 Å². The highest BCUT2D eigenvalue weighted by molar-refractivity contribution is 14.0. The van der Waals surface area contributed by atoms with Crippen molar-refractivity contribution in [3.8, 4) is 0 Å². The number of aryl methyl sites for hydroxylation is 1. The zero-order valence-electron chi connectivity index (χ0n) is 16.2. The lowest BCUT2D eigenvalue weighted by Gasteiger charge is -2.19. The molecule has 150 valence electrons. The Morgan fingerprint density at radius 2 is 1.92 bits per heavy atom. The van der Waals surface area contributed by atoms with Crippen LogP contribution in [0.2, 0.25) is 0 Å². The molecule has 1 aromatic heterocycles. The first-order chi connectivity index (χ1) is 11.9. The second-order valence-electron chi connectivity index (χ2n) is 6.59. The maximum atomic E-state index is 11.5. The number of amides is 1. The number of ether oxygens (including phenoxy) is 1. The van der Waals surface area contributed by atoms with E-state index in [0.717, 1.165) is 45.0 Å². The summed E-state index contributed by atoms with van der Waals surface area (Å²) in [6, 6.07) is 1.92. The molecule has 0 radical (unpaired) electrons. The molecule has 1 aromatic rings. The lowest BCUT2D eigenvalue weighted by molar-refractivity contribution is 0.0527. The van der Waals surface area contributed by atoms with E-state index in [4.69, 9.17) is 4.74 Å². The van der Waals surface area contributed by atoms with E-state index in [9.17, 15) is 4.79 Å². The highest BCUT2D eigenvalue weighted by Gasteiger charge is 2.15. The van der Waals surface area contributed by atoms with Gasteiger partial charge >= 0.3 is 6.09 Å². The summed E-state index contributed by atoms with van der Waals surface area (Å²) in [5.74, 6) is 0.792. The maximum absolute atomic E-state index is 11.5. The molecular weight excluding hydrogens is 447 g/mol. The van der Waals surface area contributed by atoms with Crippen LogP contribution in [0.25, 0.3) is 0 Å². The van der Waals surface area contributed by atoms with E-state index in [0.29, 0.717) is 6.54 Å². The zero-order chi connectivity index (χ0) is 18.5. The minimum atomic E-state index is -0.469. The maximum Gasteiger partial charge on any atom is 0.407 e. The Hall–Kier alpha value is -1.52. The predicted molar refractivity (Wildman–Crippen MR) is 115 cm³/mol. The number of guanidine groups is 1. The first kappa shape index (κ1) is 24.5. The van der Waals surface area contributed by atoms with Crippen LogP contribution in [-0.2, 0) is 11.3 Å². The van der Waals surface area contributed by atoms with E-state index in [1.165, 1.54) is 0 Å². The third-order valence-corrected chi connectivity index (χ3v) is 3.03. The minimum absolute atomic E-state index is 0. The Kier molecular flexibility index (Phi) is 12.9. The second-order valence-corrected chi connectivity index (χ2v) is 6.59. The normalized spacial score (nSPS) is 11.5. The second kappa shape index (κ2) is 13.7. The summed E-state index contributed by atoms with van der Waals surface area (Å²) >= 11 is 0. The van der Waals surface area contributed by atoms with Gasteiger partial charge in [0.2, 0.25) is 0 Å². The molecule has 0 spiro atoms. The topological polar surface area (TPSA) is 92.6 Å². The van der Waals surface area contributed by atoms with E-state index < -0.39 is 5.60 Å². The summed E-state index contributed by atoms with van der Waals surface area (Å²) in [5.41, 5.74) is -0.469. The average molecular weight is 480 g/mol. The summed E-state index contributed by atoms with van der Waals surface area (Å²) in [6.45, 7) is 11.2. The third kappa shape index (κ3) is 12.8. The van der Waals surface area contributed by atoms with Crippen LogP contribution in [0.3, 0.4) is 0 Å². The van der Waals surface area contributed by atoms with Gasteiger partial charge in [-0.05, 0) is 46.6 Å². The first-order valence-electron chi connectivity index (χ1n) is 8.87. The number of hydrogen-bond acceptors (Lipinski definition) is 4. The van der Waals surface area contributed by atoms with Crippen molar-refractivity contribution in [2.24, 2.45) is 4.99 Å². The molecule has 0 aromatic carbocycles. The summed E-state index contributed by atoms with van der Waals surface area (Å²) in [5, 5.41) is 13.4. The van der Waals surface area contributed by atoms with E-state index in [-0.39, 0.29) is 30.1 Å². The number of nitrogens with one attached hydrogen (secondary N) is 3. The minimum Gasteiger partial charge on any atom is -0.444 e. The largest absolute Gasteiger partial charge is 0.444 e. The van der Waals surface area contributed by atoms with Crippen molar-refractivity contribution in [1.82, 2.24) is 25.7 Å². The lowest BCUT2D eigenvalue weighted by atomic mass is 10.2. The molecule has 1 heterocycles. The van der Waals surface area contributed by atoms with Crippen molar-refractivity contribution >= 4 is 36.0 Å². The molecule has 0 atom stereocenters. The Labute approximate surface area is 173 Å². The quantitative estimate of drug-likeness (QED) is 0.219. The van der Waals surface area contributed by atoms with E-state index >= 15 is 0 Å². The fourth-order valence-electron chi connectivity index (χ4n) is 2.00. The molecule has 1 rings (SSSR count). The molecule has 0 unspecified atom stereocenters. The zero-order valence-corrected chi connectivity index (χ0v) is 18.6. The first-order valence-corrected chi connectivity index (χ1v) is 8.87. The van der Waals surface area contributed by atoms with Gasteiger partial charge in [-0.25, -0.2) is 4.79 Å². The number of rotatable bonds is 9. The number of nitrogens with zero attached hydrogens (tertiary/aromatic N) is 3. The number of carbonyl (C=O) groups excluding carboxylic acids is 1. The molecule has 1 amide bonds. The molecular formula is C17H33IN6O2. The molecule has 9 heteroatoms. The van der Waals surface area contributed by atoms with Crippen LogP contribution < -0.4 is 16.0 Å². The van der Waals surface area contributed by atoms with Gasteiger partial charge in [0.1, 0.15) is 5.60 Å². The monoisotopic (exact) mass is 480 g/mol. The van der Waals surface area contributed by atoms with Gasteiger partial charge in [-0.15, -0.1) is 24.0 Å². The van der Waals surface area contributed by atoms with Crippen LogP contribution in [-0.4, -0.2) is 53.6 Å². The molecule has 26 heavy (non-hydrogen) atoms. The number of halogens is 1. The lowest BCUT2D eigenvalue weighted by Crippen LogP contribution is -2.39. The number of aromatic nitrogens is 2. The van der Waals surface area contributed by atoms with Crippen LogP contribution in [0.5, 0.6) is 0 Å². The SMILES string of the molecule is CCNC(=NCCCn1cccn1)NCCCNC(=O)OC(C)(C)C.I. The van der Waals surface area contributed by atoms with Crippen LogP contribution in [0.4, 0.5) is 4.79 Å². The van der Waals surface area contributed by atoms with Gasteiger partial charge in [0.15, 0.2) is 5.96 Å². The van der Waals surface area contributed by atoms with Crippen molar-refractivity contribution < 1.29 is 9.53 Å². The summed E-state index contributed by atoms with van der Waals surface area (Å²) in [4.78, 5) is 16.1.